The fourth-order valence-electron chi connectivity index (χ4n) is 2.06. The molecule has 0 amide bonds. The fourth-order valence-corrected chi connectivity index (χ4v) is 2.06. The maximum atomic E-state index is 12.0. The predicted molar refractivity (Wildman–Crippen MR) is 86.0 cm³/mol. The Morgan fingerprint density at radius 3 is 2.19 bits per heavy atom. The van der Waals surface area contributed by atoms with Gasteiger partial charge < -0.3 is 4.74 Å². The highest BCUT2D eigenvalue weighted by Crippen LogP contribution is 2.28. The number of benzene rings is 2. The third kappa shape index (κ3) is 3.94. The lowest BCUT2D eigenvalue weighted by atomic mass is 9.82. The van der Waals surface area contributed by atoms with E-state index < -0.39 is 0 Å². The van der Waals surface area contributed by atoms with Crippen LogP contribution in [0.2, 0.25) is 0 Å². The zero-order valence-electron chi connectivity index (χ0n) is 12.9. The van der Waals surface area contributed by atoms with Crippen molar-refractivity contribution in [3.05, 3.63) is 65.7 Å². The van der Waals surface area contributed by atoms with Crippen LogP contribution in [-0.4, -0.2) is 12.4 Å². The van der Waals surface area contributed by atoms with E-state index in [-0.39, 0.29) is 17.8 Å². The van der Waals surface area contributed by atoms with Gasteiger partial charge in [0, 0.05) is 5.56 Å². The molecule has 21 heavy (non-hydrogen) atoms. The molecule has 0 aliphatic rings. The first-order valence-electron chi connectivity index (χ1n) is 7.34. The first kappa shape index (κ1) is 15.3. The molecule has 0 atom stereocenters. The molecular formula is C19H22O2. The molecule has 0 aromatic heterocycles. The normalized spacial score (nSPS) is 11.2. The molecule has 2 nitrogen and oxygen atoms in total. The first-order valence-corrected chi connectivity index (χ1v) is 7.34. The average Bonchev–Trinajstić information content (AvgIpc) is 2.54. The van der Waals surface area contributed by atoms with Crippen LogP contribution >= 0.6 is 0 Å². The highest BCUT2D eigenvalue weighted by atomic mass is 16.5. The van der Waals surface area contributed by atoms with E-state index in [0.717, 1.165) is 12.2 Å². The minimum Gasteiger partial charge on any atom is -0.485 e. The topological polar surface area (TPSA) is 26.3 Å². The van der Waals surface area contributed by atoms with Gasteiger partial charge in [0.1, 0.15) is 5.75 Å². The second-order valence-corrected chi connectivity index (χ2v) is 5.84. The third-order valence-corrected chi connectivity index (χ3v) is 3.99. The summed E-state index contributed by atoms with van der Waals surface area (Å²) in [6, 6.07) is 17.2. The van der Waals surface area contributed by atoms with Crippen LogP contribution in [0.15, 0.2) is 54.6 Å². The Labute approximate surface area is 126 Å². The van der Waals surface area contributed by atoms with Gasteiger partial charge in [0.2, 0.25) is 0 Å². The molecule has 0 bridgehead atoms. The number of Topliss-reactive ketones (excluding diaryl/α,β-unsaturated/α-hetero) is 1. The zero-order valence-corrected chi connectivity index (χ0v) is 12.9. The summed E-state index contributed by atoms with van der Waals surface area (Å²) in [7, 11) is 0. The van der Waals surface area contributed by atoms with Gasteiger partial charge in [-0.15, -0.1) is 0 Å². The van der Waals surface area contributed by atoms with Crippen molar-refractivity contribution in [1.29, 1.82) is 0 Å². The Bertz CT molecular complexity index is 583. The van der Waals surface area contributed by atoms with Gasteiger partial charge >= 0.3 is 0 Å². The first-order chi connectivity index (χ1) is 10.0. The smallest absolute Gasteiger partial charge is 0.200 e. The van der Waals surface area contributed by atoms with Gasteiger partial charge in [-0.05, 0) is 29.5 Å². The molecule has 0 heterocycles. The molecule has 2 rings (SSSR count). The van der Waals surface area contributed by atoms with Crippen LogP contribution < -0.4 is 4.74 Å². The molecule has 2 aromatic carbocycles. The highest BCUT2D eigenvalue weighted by molar-refractivity contribution is 5.97. The third-order valence-electron chi connectivity index (χ3n) is 3.99. The molecule has 0 saturated carbocycles. The molecule has 0 spiro atoms. The Kier molecular flexibility index (Phi) is 4.79. The van der Waals surface area contributed by atoms with Crippen LogP contribution in [0, 0.1) is 0 Å². The SMILES string of the molecule is CCC(C)(C)c1ccc(OCC(=O)c2ccccc2)cc1. The molecule has 0 saturated heterocycles. The van der Waals surface area contributed by atoms with E-state index in [1.54, 1.807) is 12.1 Å². The largest absolute Gasteiger partial charge is 0.485 e. The van der Waals surface area contributed by atoms with Crippen LogP contribution in [0.1, 0.15) is 43.1 Å². The van der Waals surface area contributed by atoms with Gasteiger partial charge in [0.25, 0.3) is 0 Å². The van der Waals surface area contributed by atoms with E-state index >= 15 is 0 Å². The second-order valence-electron chi connectivity index (χ2n) is 5.84. The van der Waals surface area contributed by atoms with Crippen molar-refractivity contribution in [3.8, 4) is 5.75 Å². The monoisotopic (exact) mass is 282 g/mol. The van der Waals surface area contributed by atoms with Crippen molar-refractivity contribution in [1.82, 2.24) is 0 Å². The molecule has 0 unspecified atom stereocenters. The molecule has 0 aliphatic carbocycles. The summed E-state index contributed by atoms with van der Waals surface area (Å²) < 4.78 is 5.57. The molecule has 2 aromatic rings. The fraction of sp³-hybridized carbons (Fsp3) is 0.316. The summed E-state index contributed by atoms with van der Waals surface area (Å²) in [6.07, 6.45) is 1.08. The summed E-state index contributed by atoms with van der Waals surface area (Å²) in [5.74, 6) is 0.725. The van der Waals surface area contributed by atoms with E-state index in [9.17, 15) is 4.79 Å². The lowest BCUT2D eigenvalue weighted by molar-refractivity contribution is 0.0921. The van der Waals surface area contributed by atoms with Crippen molar-refractivity contribution >= 4 is 5.78 Å². The second kappa shape index (κ2) is 6.57. The maximum Gasteiger partial charge on any atom is 0.200 e. The lowest BCUT2D eigenvalue weighted by Gasteiger charge is -2.23. The number of ether oxygens (including phenoxy) is 1. The molecule has 0 aliphatic heterocycles. The van der Waals surface area contributed by atoms with E-state index in [1.807, 2.05) is 30.3 Å². The highest BCUT2D eigenvalue weighted by Gasteiger charge is 2.17. The Hall–Kier alpha value is -2.09. The Balaban J connectivity index is 1.97. The molecule has 0 radical (unpaired) electrons. The minimum absolute atomic E-state index is 0.00596. The Morgan fingerprint density at radius 1 is 1.00 bits per heavy atom. The molecule has 110 valence electrons. The van der Waals surface area contributed by atoms with Crippen LogP contribution in [0.3, 0.4) is 0 Å². The number of ketones is 1. The van der Waals surface area contributed by atoms with Crippen LogP contribution in [0.25, 0.3) is 0 Å². The van der Waals surface area contributed by atoms with Gasteiger partial charge in [-0.1, -0.05) is 63.2 Å². The van der Waals surface area contributed by atoms with E-state index in [4.69, 9.17) is 4.74 Å². The number of hydrogen-bond donors (Lipinski definition) is 0. The lowest BCUT2D eigenvalue weighted by Crippen LogP contribution is -2.15. The summed E-state index contributed by atoms with van der Waals surface area (Å²) in [4.78, 5) is 12.0. The van der Waals surface area contributed by atoms with Gasteiger partial charge in [-0.2, -0.15) is 0 Å². The van der Waals surface area contributed by atoms with Gasteiger partial charge in [-0.3, -0.25) is 4.79 Å². The van der Waals surface area contributed by atoms with E-state index in [2.05, 4.69) is 32.9 Å². The molecule has 0 N–H and O–H groups in total. The van der Waals surface area contributed by atoms with E-state index in [1.165, 1.54) is 5.56 Å². The van der Waals surface area contributed by atoms with Crippen molar-refractivity contribution in [3.63, 3.8) is 0 Å². The van der Waals surface area contributed by atoms with Gasteiger partial charge in [0.15, 0.2) is 12.4 Å². The minimum atomic E-state index is -0.00596. The summed E-state index contributed by atoms with van der Waals surface area (Å²) in [5.41, 5.74) is 2.13. The molecule has 2 heteroatoms. The summed E-state index contributed by atoms with van der Waals surface area (Å²) in [5, 5.41) is 0. The van der Waals surface area contributed by atoms with Crippen molar-refractivity contribution in [2.24, 2.45) is 0 Å². The van der Waals surface area contributed by atoms with Crippen LogP contribution in [0.5, 0.6) is 5.75 Å². The van der Waals surface area contributed by atoms with Gasteiger partial charge in [0.05, 0.1) is 0 Å². The summed E-state index contributed by atoms with van der Waals surface area (Å²) >= 11 is 0. The number of carbonyl (C=O) groups is 1. The quantitative estimate of drug-likeness (QED) is 0.722. The van der Waals surface area contributed by atoms with Crippen molar-refractivity contribution in [2.45, 2.75) is 32.6 Å². The van der Waals surface area contributed by atoms with Crippen LogP contribution in [-0.2, 0) is 5.41 Å². The molecular weight excluding hydrogens is 260 g/mol. The average molecular weight is 282 g/mol. The number of rotatable bonds is 6. The van der Waals surface area contributed by atoms with Crippen LogP contribution in [0.4, 0.5) is 0 Å². The van der Waals surface area contributed by atoms with Gasteiger partial charge in [-0.25, -0.2) is 0 Å². The Morgan fingerprint density at radius 2 is 1.62 bits per heavy atom. The summed E-state index contributed by atoms with van der Waals surface area (Å²) in [6.45, 7) is 6.70. The van der Waals surface area contributed by atoms with Crippen molar-refractivity contribution < 1.29 is 9.53 Å². The number of carbonyl (C=O) groups excluding carboxylic acids is 1. The predicted octanol–water partition coefficient (Wildman–Crippen LogP) is 4.64. The van der Waals surface area contributed by atoms with E-state index in [0.29, 0.717) is 5.56 Å². The molecule has 0 fully saturated rings. The van der Waals surface area contributed by atoms with Crippen molar-refractivity contribution in [2.75, 3.05) is 6.61 Å². The maximum absolute atomic E-state index is 12.0. The standard InChI is InChI=1S/C19H22O2/c1-4-19(2,3)16-10-12-17(13-11-16)21-14-18(20)15-8-6-5-7-9-15/h5-13H,4,14H2,1-3H3. The number of hydrogen-bond acceptors (Lipinski definition) is 2. The zero-order chi connectivity index (χ0) is 15.3.